The number of nitrogens with zero attached hydrogens (tertiary/aromatic N) is 1. The monoisotopic (exact) mass is 388 g/mol. The normalized spacial score (nSPS) is 17.3. The van der Waals surface area contributed by atoms with Crippen molar-refractivity contribution in [1.29, 1.82) is 0 Å². The van der Waals surface area contributed by atoms with Gasteiger partial charge in [-0.25, -0.2) is 15.0 Å². The third-order valence-corrected chi connectivity index (χ3v) is 4.28. The Morgan fingerprint density at radius 3 is 2.54 bits per heavy atom. The Kier molecular flexibility index (Phi) is 6.81. The molecule has 0 unspecified atom stereocenters. The molecule has 0 radical (unpaired) electrons. The molecule has 8 nitrogen and oxygen atoms in total. The number of rotatable bonds is 6. The molecule has 1 aromatic rings. The van der Waals surface area contributed by atoms with E-state index in [1.807, 2.05) is 0 Å². The van der Waals surface area contributed by atoms with Crippen LogP contribution in [0.25, 0.3) is 6.08 Å². The predicted octanol–water partition coefficient (Wildman–Crippen LogP) is 3.18. The molecule has 1 aliphatic carbocycles. The third-order valence-electron chi connectivity index (χ3n) is 4.28. The van der Waals surface area contributed by atoms with Gasteiger partial charge in [0.1, 0.15) is 5.75 Å². The molecule has 2 amide bonds. The summed E-state index contributed by atoms with van der Waals surface area (Å²) < 4.78 is 15.2. The highest BCUT2D eigenvalue weighted by atomic mass is 16.6. The summed E-state index contributed by atoms with van der Waals surface area (Å²) in [7, 11) is 1.53. The van der Waals surface area contributed by atoms with Crippen molar-refractivity contribution in [3.63, 3.8) is 0 Å². The summed E-state index contributed by atoms with van der Waals surface area (Å²) in [6.45, 7) is 7.13. The lowest BCUT2D eigenvalue weighted by Gasteiger charge is -2.42. The maximum atomic E-state index is 13.1. The molecule has 1 N–H and O–H groups in total. The van der Waals surface area contributed by atoms with Crippen LogP contribution in [-0.2, 0) is 19.8 Å². The van der Waals surface area contributed by atoms with Crippen molar-refractivity contribution in [3.05, 3.63) is 48.1 Å². The van der Waals surface area contributed by atoms with Crippen molar-refractivity contribution in [2.45, 2.75) is 25.8 Å². The minimum Gasteiger partial charge on any atom is -0.497 e. The molecule has 0 bridgehead atoms. The second kappa shape index (κ2) is 9.07. The second-order valence-corrected chi connectivity index (χ2v) is 5.87. The number of amides is 2. The number of ketones is 1. The molecule has 1 aliphatic rings. The van der Waals surface area contributed by atoms with Gasteiger partial charge >= 0.3 is 12.2 Å². The largest absolute Gasteiger partial charge is 0.497 e. The predicted molar refractivity (Wildman–Crippen MR) is 103 cm³/mol. The zero-order chi connectivity index (χ0) is 20.7. The Bertz CT molecular complexity index is 804. The lowest BCUT2D eigenvalue weighted by Crippen LogP contribution is -2.62. The number of hydrazine groups is 1. The van der Waals surface area contributed by atoms with Gasteiger partial charge < -0.3 is 14.2 Å². The first-order valence-electron chi connectivity index (χ1n) is 8.86. The van der Waals surface area contributed by atoms with Gasteiger partial charge in [-0.2, -0.15) is 5.01 Å². The maximum Gasteiger partial charge on any atom is 0.430 e. The quantitative estimate of drug-likeness (QED) is 0.594. The number of nitrogens with one attached hydrogen (secondary N) is 1. The van der Waals surface area contributed by atoms with Crippen molar-refractivity contribution in [2.75, 3.05) is 20.3 Å². The SMILES string of the molecule is C=CC[C@@]1(N(NC(=O)OCC)C(=O)OCC)C(=O)C=Cc2cc(OC)ccc21. The van der Waals surface area contributed by atoms with Crippen LogP contribution < -0.4 is 10.2 Å². The first kappa shape index (κ1) is 21.0. The summed E-state index contributed by atoms with van der Waals surface area (Å²) in [5.41, 5.74) is 1.96. The Labute approximate surface area is 163 Å². The van der Waals surface area contributed by atoms with Gasteiger partial charge in [0, 0.05) is 6.42 Å². The fraction of sp³-hybridized carbons (Fsp3) is 0.350. The van der Waals surface area contributed by atoms with E-state index in [0.717, 1.165) is 5.01 Å². The highest BCUT2D eigenvalue weighted by molar-refractivity contribution is 6.06. The van der Waals surface area contributed by atoms with Gasteiger partial charge in [0.25, 0.3) is 0 Å². The highest BCUT2D eigenvalue weighted by Gasteiger charge is 2.50. The molecule has 0 saturated heterocycles. The molecule has 0 aromatic heterocycles. The number of methoxy groups -OCH3 is 1. The molecule has 28 heavy (non-hydrogen) atoms. The van der Waals surface area contributed by atoms with Gasteiger partial charge in [-0.15, -0.1) is 6.58 Å². The van der Waals surface area contributed by atoms with E-state index in [-0.39, 0.29) is 19.6 Å². The Morgan fingerprint density at radius 2 is 1.93 bits per heavy atom. The second-order valence-electron chi connectivity index (χ2n) is 5.87. The molecule has 0 spiro atoms. The van der Waals surface area contributed by atoms with Crippen molar-refractivity contribution >= 4 is 24.0 Å². The van der Waals surface area contributed by atoms with Crippen LogP contribution in [0.15, 0.2) is 36.9 Å². The fourth-order valence-corrected chi connectivity index (χ4v) is 3.10. The van der Waals surface area contributed by atoms with Crippen LogP contribution in [0.1, 0.15) is 31.4 Å². The minimum absolute atomic E-state index is 0.0424. The zero-order valence-corrected chi connectivity index (χ0v) is 16.2. The fourth-order valence-electron chi connectivity index (χ4n) is 3.10. The topological polar surface area (TPSA) is 94.2 Å². The van der Waals surface area contributed by atoms with Crippen LogP contribution >= 0.6 is 0 Å². The van der Waals surface area contributed by atoms with Crippen LogP contribution in [0, 0.1) is 0 Å². The van der Waals surface area contributed by atoms with Crippen molar-refractivity contribution in [2.24, 2.45) is 0 Å². The average molecular weight is 388 g/mol. The van der Waals surface area contributed by atoms with Gasteiger partial charge in [-0.3, -0.25) is 4.79 Å². The Morgan fingerprint density at radius 1 is 1.21 bits per heavy atom. The number of carbonyl (C=O) groups excluding carboxylic acids is 3. The molecule has 1 atom stereocenters. The van der Waals surface area contributed by atoms with Gasteiger partial charge in [-0.1, -0.05) is 18.2 Å². The number of fused-ring (bicyclic) bond motifs is 1. The van der Waals surface area contributed by atoms with E-state index in [1.54, 1.807) is 38.1 Å². The summed E-state index contributed by atoms with van der Waals surface area (Å²) >= 11 is 0. The number of carbonyl (C=O) groups is 3. The molecule has 0 fully saturated rings. The molecule has 0 saturated carbocycles. The van der Waals surface area contributed by atoms with Crippen molar-refractivity contribution < 1.29 is 28.6 Å². The zero-order valence-electron chi connectivity index (χ0n) is 16.2. The van der Waals surface area contributed by atoms with Gasteiger partial charge in [0.05, 0.1) is 20.3 Å². The van der Waals surface area contributed by atoms with E-state index in [4.69, 9.17) is 14.2 Å². The van der Waals surface area contributed by atoms with Crippen LogP contribution in [-0.4, -0.2) is 43.3 Å². The standard InChI is InChI=1S/C20H24N2O6/c1-5-12-20(22(19(25)28-7-3)21-18(24)27-6-2)16-10-9-15(26-4)13-14(16)8-11-17(20)23/h5,8-11,13H,1,6-7,12H2,2-4H3,(H,21,24)/t20-/m0/s1. The Balaban J connectivity index is 2.67. The average Bonchev–Trinajstić information content (AvgIpc) is 2.68. The lowest BCUT2D eigenvalue weighted by molar-refractivity contribution is -0.128. The summed E-state index contributed by atoms with van der Waals surface area (Å²) in [4.78, 5) is 38.0. The smallest absolute Gasteiger partial charge is 0.430 e. The maximum absolute atomic E-state index is 13.1. The van der Waals surface area contributed by atoms with Crippen molar-refractivity contribution in [1.82, 2.24) is 10.4 Å². The van der Waals surface area contributed by atoms with Crippen LogP contribution in [0.4, 0.5) is 9.59 Å². The number of benzene rings is 1. The molecule has 8 heteroatoms. The van der Waals surface area contributed by atoms with Crippen molar-refractivity contribution in [3.8, 4) is 5.75 Å². The Hall–Kier alpha value is -3.29. The van der Waals surface area contributed by atoms with E-state index in [9.17, 15) is 14.4 Å². The molecule has 0 aliphatic heterocycles. The van der Waals surface area contributed by atoms with Crippen LogP contribution in [0.2, 0.25) is 0 Å². The molecular formula is C20H24N2O6. The molecule has 1 aromatic carbocycles. The van der Waals surface area contributed by atoms with E-state index in [1.165, 1.54) is 19.3 Å². The first-order chi connectivity index (χ1) is 13.4. The summed E-state index contributed by atoms with van der Waals surface area (Å²) in [5.74, 6) is 0.182. The third kappa shape index (κ3) is 3.85. The van der Waals surface area contributed by atoms with E-state index in [0.29, 0.717) is 16.9 Å². The molecule has 0 heterocycles. The summed E-state index contributed by atoms with van der Waals surface area (Å²) in [5, 5.41) is 0.882. The van der Waals surface area contributed by atoms with Crippen LogP contribution in [0.3, 0.4) is 0 Å². The highest BCUT2D eigenvalue weighted by Crippen LogP contribution is 2.40. The van der Waals surface area contributed by atoms with Gasteiger partial charge in [0.2, 0.25) is 0 Å². The number of ether oxygens (including phenoxy) is 3. The molecule has 2 rings (SSSR count). The van der Waals surface area contributed by atoms with E-state index >= 15 is 0 Å². The molecular weight excluding hydrogens is 364 g/mol. The lowest BCUT2D eigenvalue weighted by atomic mass is 9.76. The summed E-state index contributed by atoms with van der Waals surface area (Å²) in [6, 6.07) is 5.10. The number of hydrogen-bond acceptors (Lipinski definition) is 6. The van der Waals surface area contributed by atoms with E-state index in [2.05, 4.69) is 12.0 Å². The molecule has 150 valence electrons. The van der Waals surface area contributed by atoms with Gasteiger partial charge in [0.15, 0.2) is 11.3 Å². The van der Waals surface area contributed by atoms with E-state index < -0.39 is 23.5 Å². The summed E-state index contributed by atoms with van der Waals surface area (Å²) in [6.07, 6.45) is 2.77. The number of hydrogen-bond donors (Lipinski definition) is 1. The van der Waals surface area contributed by atoms with Gasteiger partial charge in [-0.05, 0) is 43.2 Å². The van der Waals surface area contributed by atoms with Crippen LogP contribution in [0.5, 0.6) is 5.75 Å². The first-order valence-corrected chi connectivity index (χ1v) is 8.86. The minimum atomic E-state index is -1.57.